The van der Waals surface area contributed by atoms with Crippen LogP contribution in [-0.4, -0.2) is 48.3 Å². The van der Waals surface area contributed by atoms with Crippen LogP contribution in [0.3, 0.4) is 0 Å². The number of hydrogen-bond acceptors (Lipinski definition) is 5. The van der Waals surface area contributed by atoms with E-state index in [-0.39, 0.29) is 22.9 Å². The van der Waals surface area contributed by atoms with E-state index in [1.807, 2.05) is 22.6 Å². The van der Waals surface area contributed by atoms with E-state index in [1.165, 1.54) is 5.56 Å². The zero-order valence-corrected chi connectivity index (χ0v) is 19.2. The van der Waals surface area contributed by atoms with E-state index >= 15 is 0 Å². The lowest BCUT2D eigenvalue weighted by molar-refractivity contribution is -0.132. The molecule has 0 bridgehead atoms. The molecule has 1 atom stereocenters. The molecule has 9 heteroatoms. The van der Waals surface area contributed by atoms with Gasteiger partial charge in [-0.3, -0.25) is 9.48 Å². The molecule has 1 fully saturated rings. The number of likely N-dealkylation sites (tertiary alicyclic amines) is 1. The minimum absolute atomic E-state index is 0.138. The number of piperidine rings is 1. The van der Waals surface area contributed by atoms with Crippen LogP contribution in [0, 0.1) is 19.8 Å². The van der Waals surface area contributed by atoms with E-state index < -0.39 is 10.0 Å². The van der Waals surface area contributed by atoms with E-state index in [0.29, 0.717) is 31.6 Å². The van der Waals surface area contributed by atoms with Crippen LogP contribution in [0.4, 0.5) is 5.69 Å². The largest absolute Gasteiger partial charge is 0.368 e. The molecule has 0 aliphatic carbocycles. The van der Waals surface area contributed by atoms with Crippen molar-refractivity contribution in [3.05, 3.63) is 41.2 Å². The molecule has 1 aromatic carbocycles. The Kier molecular flexibility index (Phi) is 6.07. The number of nitrogens with one attached hydrogen (secondary N) is 2. The fourth-order valence-electron chi connectivity index (χ4n) is 4.74. The Balaban J connectivity index is 1.33. The topological polar surface area (TPSA) is 96.3 Å². The van der Waals surface area contributed by atoms with Gasteiger partial charge in [-0.1, -0.05) is 12.1 Å². The van der Waals surface area contributed by atoms with E-state index in [0.717, 1.165) is 30.8 Å². The molecule has 2 N–H and O–H groups in total. The molecule has 31 heavy (non-hydrogen) atoms. The van der Waals surface area contributed by atoms with Gasteiger partial charge in [0.25, 0.3) is 0 Å². The maximum absolute atomic E-state index is 12.8. The maximum atomic E-state index is 12.8. The predicted molar refractivity (Wildman–Crippen MR) is 119 cm³/mol. The number of sulfonamides is 1. The number of carbonyl (C=O) groups excluding carboxylic acids is 1. The molecule has 1 amide bonds. The molecule has 0 unspecified atom stereocenters. The first-order valence-corrected chi connectivity index (χ1v) is 12.5. The summed E-state index contributed by atoms with van der Waals surface area (Å²) in [5.41, 5.74) is 3.96. The van der Waals surface area contributed by atoms with Crippen molar-refractivity contribution in [2.24, 2.45) is 5.92 Å². The minimum Gasteiger partial charge on any atom is -0.368 e. The zero-order chi connectivity index (χ0) is 22.2. The van der Waals surface area contributed by atoms with Gasteiger partial charge in [0.15, 0.2) is 0 Å². The van der Waals surface area contributed by atoms with Crippen molar-refractivity contribution in [2.75, 3.05) is 18.4 Å². The van der Waals surface area contributed by atoms with Crippen LogP contribution in [0.1, 0.15) is 43.1 Å². The molecule has 1 aromatic heterocycles. The molecule has 2 aromatic rings. The van der Waals surface area contributed by atoms with E-state index in [4.69, 9.17) is 0 Å². The average Bonchev–Trinajstić information content (AvgIpc) is 3.04. The van der Waals surface area contributed by atoms with Gasteiger partial charge in [0, 0.05) is 31.7 Å². The van der Waals surface area contributed by atoms with Crippen molar-refractivity contribution in [3.8, 4) is 0 Å². The summed E-state index contributed by atoms with van der Waals surface area (Å²) in [5.74, 6) is 0.295. The summed E-state index contributed by atoms with van der Waals surface area (Å²) in [6.07, 6.45) is 2.36. The van der Waals surface area contributed by atoms with Gasteiger partial charge in [0.05, 0.1) is 17.5 Å². The van der Waals surface area contributed by atoms with Gasteiger partial charge in [0.2, 0.25) is 15.9 Å². The summed E-state index contributed by atoms with van der Waals surface area (Å²) < 4.78 is 29.9. The third-order valence-electron chi connectivity index (χ3n) is 6.55. The number of aromatic nitrogens is 2. The number of anilines is 1. The predicted octanol–water partition coefficient (Wildman–Crippen LogP) is 2.42. The second-order valence-corrected chi connectivity index (χ2v) is 10.1. The van der Waals surface area contributed by atoms with Crippen LogP contribution in [0.5, 0.6) is 0 Å². The fraction of sp³-hybridized carbons (Fsp3) is 0.545. The highest BCUT2D eigenvalue weighted by Crippen LogP contribution is 2.31. The summed E-state index contributed by atoms with van der Waals surface area (Å²) in [6, 6.07) is 6.96. The van der Waals surface area contributed by atoms with Gasteiger partial charge in [-0.25, -0.2) is 8.42 Å². The van der Waals surface area contributed by atoms with E-state index in [2.05, 4.69) is 29.0 Å². The van der Waals surface area contributed by atoms with Crippen LogP contribution in [0.2, 0.25) is 0 Å². The molecular weight excluding hydrogens is 414 g/mol. The number of rotatable bonds is 5. The number of carbonyl (C=O) groups is 1. The quantitative estimate of drug-likeness (QED) is 0.737. The van der Waals surface area contributed by atoms with Crippen molar-refractivity contribution in [1.29, 1.82) is 0 Å². The highest BCUT2D eigenvalue weighted by atomic mass is 32.2. The number of hydrogen-bond donors (Lipinski definition) is 2. The van der Waals surface area contributed by atoms with Gasteiger partial charge in [0.1, 0.15) is 4.90 Å². The monoisotopic (exact) mass is 445 g/mol. The van der Waals surface area contributed by atoms with Crippen LogP contribution in [0.25, 0.3) is 0 Å². The minimum atomic E-state index is -3.52. The molecule has 168 valence electrons. The summed E-state index contributed by atoms with van der Waals surface area (Å²) in [4.78, 5) is 15.0. The molecule has 0 spiro atoms. The summed E-state index contributed by atoms with van der Waals surface area (Å²) >= 11 is 0. The standard InChI is InChI=1S/C22H31N5O3S/c1-4-27-16(3)18(15(2)24-27)9-10-21(28)26-13-11-17(12-14-26)22-23-19-7-5-6-8-20(19)31(29,30)25-22/h5-8,17,22-23,25H,4,9-14H2,1-3H3/t22-/m0/s1. The SMILES string of the molecule is CCn1nc(C)c(CCC(=O)N2CCC([C@H]3Nc4ccccc4S(=O)(=O)N3)CC2)c1C. The van der Waals surface area contributed by atoms with Gasteiger partial charge >= 0.3 is 0 Å². The Morgan fingerprint density at radius 3 is 2.58 bits per heavy atom. The van der Waals surface area contributed by atoms with E-state index in [9.17, 15) is 13.2 Å². The lowest BCUT2D eigenvalue weighted by atomic mass is 9.93. The van der Waals surface area contributed by atoms with Crippen LogP contribution < -0.4 is 10.0 Å². The number of para-hydroxylation sites is 1. The molecule has 2 aliphatic rings. The summed E-state index contributed by atoms with van der Waals surface area (Å²) in [5, 5.41) is 7.87. The summed E-state index contributed by atoms with van der Waals surface area (Å²) in [6.45, 7) is 8.26. The van der Waals surface area contributed by atoms with Gasteiger partial charge in [-0.2, -0.15) is 9.82 Å². The van der Waals surface area contributed by atoms with Gasteiger partial charge in [-0.15, -0.1) is 0 Å². The molecule has 0 radical (unpaired) electrons. The number of benzene rings is 1. The molecule has 3 heterocycles. The molecule has 4 rings (SSSR count). The highest BCUT2D eigenvalue weighted by molar-refractivity contribution is 7.89. The van der Waals surface area contributed by atoms with Crippen LogP contribution in [0.15, 0.2) is 29.2 Å². The van der Waals surface area contributed by atoms with Crippen molar-refractivity contribution < 1.29 is 13.2 Å². The Bertz CT molecular complexity index is 1070. The number of fused-ring (bicyclic) bond motifs is 1. The van der Waals surface area contributed by atoms with Crippen molar-refractivity contribution >= 4 is 21.6 Å². The second kappa shape index (κ2) is 8.63. The van der Waals surface area contributed by atoms with Crippen molar-refractivity contribution in [1.82, 2.24) is 19.4 Å². The Hall–Kier alpha value is -2.39. The molecular formula is C22H31N5O3S. The molecule has 0 saturated carbocycles. The first-order valence-electron chi connectivity index (χ1n) is 11.0. The summed E-state index contributed by atoms with van der Waals surface area (Å²) in [7, 11) is -3.52. The number of aryl methyl sites for hydroxylation is 2. The lowest BCUT2D eigenvalue weighted by Crippen LogP contribution is -2.52. The molecule has 2 aliphatic heterocycles. The van der Waals surface area contributed by atoms with Crippen molar-refractivity contribution in [2.45, 2.75) is 64.1 Å². The first-order chi connectivity index (χ1) is 14.8. The molecule has 8 nitrogen and oxygen atoms in total. The van der Waals surface area contributed by atoms with Gasteiger partial charge < -0.3 is 10.2 Å². The van der Waals surface area contributed by atoms with Gasteiger partial charge in [-0.05, 0) is 63.6 Å². The molecule has 1 saturated heterocycles. The fourth-order valence-corrected chi connectivity index (χ4v) is 6.12. The van der Waals surface area contributed by atoms with Crippen LogP contribution in [-0.2, 0) is 27.8 Å². The normalized spacial score (nSPS) is 20.9. The Morgan fingerprint density at radius 2 is 1.90 bits per heavy atom. The number of amides is 1. The van der Waals surface area contributed by atoms with Crippen LogP contribution >= 0.6 is 0 Å². The van der Waals surface area contributed by atoms with E-state index in [1.54, 1.807) is 18.2 Å². The highest BCUT2D eigenvalue weighted by Gasteiger charge is 2.35. The zero-order valence-electron chi connectivity index (χ0n) is 18.4. The Labute approximate surface area is 184 Å². The smallest absolute Gasteiger partial charge is 0.244 e. The van der Waals surface area contributed by atoms with Crippen molar-refractivity contribution in [3.63, 3.8) is 0 Å². The second-order valence-electron chi connectivity index (χ2n) is 8.42. The maximum Gasteiger partial charge on any atom is 0.244 e. The lowest BCUT2D eigenvalue weighted by Gasteiger charge is -2.39. The Morgan fingerprint density at radius 1 is 1.19 bits per heavy atom. The number of nitrogens with zero attached hydrogens (tertiary/aromatic N) is 3. The third-order valence-corrected chi connectivity index (χ3v) is 8.05. The first kappa shape index (κ1) is 21.8. The third kappa shape index (κ3) is 4.34. The average molecular weight is 446 g/mol.